The molecule has 0 atom stereocenters. The van der Waals surface area contributed by atoms with E-state index in [1.165, 1.54) is 0 Å². The van der Waals surface area contributed by atoms with Crippen LogP contribution >= 0.6 is 15.9 Å². The molecule has 2 rings (SSSR count). The number of halogens is 1. The molecule has 1 amide bonds. The van der Waals surface area contributed by atoms with E-state index in [1.54, 1.807) is 0 Å². The van der Waals surface area contributed by atoms with E-state index in [-0.39, 0.29) is 17.9 Å². The van der Waals surface area contributed by atoms with E-state index in [0.717, 1.165) is 28.4 Å². The summed E-state index contributed by atoms with van der Waals surface area (Å²) in [5.74, 6) is -0.958. The lowest BCUT2D eigenvalue weighted by atomic mass is 9.86. The molecule has 0 aromatic heterocycles. The molecule has 0 spiro atoms. The van der Waals surface area contributed by atoms with Crippen LogP contribution in [0.5, 0.6) is 0 Å². The fourth-order valence-electron chi connectivity index (χ4n) is 2.70. The molecule has 4 nitrogen and oxygen atoms in total. The van der Waals surface area contributed by atoms with Crippen molar-refractivity contribution in [3.63, 3.8) is 0 Å². The number of hydrogen-bond acceptors (Lipinski definition) is 2. The summed E-state index contributed by atoms with van der Waals surface area (Å²) < 4.78 is 1.01. The molecule has 2 N–H and O–H groups in total. The Hall–Kier alpha value is -1.36. The third kappa shape index (κ3) is 4.56. The van der Waals surface area contributed by atoms with E-state index in [1.807, 2.05) is 25.1 Å². The molecule has 0 bridgehead atoms. The first-order chi connectivity index (χ1) is 9.95. The lowest BCUT2D eigenvalue weighted by molar-refractivity contribution is -0.142. The number of aryl methyl sites for hydroxylation is 1. The van der Waals surface area contributed by atoms with E-state index in [0.29, 0.717) is 19.3 Å². The topological polar surface area (TPSA) is 66.4 Å². The summed E-state index contributed by atoms with van der Waals surface area (Å²) in [6.07, 6.45) is 3.16. The molecule has 0 aliphatic heterocycles. The first-order valence-corrected chi connectivity index (χ1v) is 8.02. The molecule has 1 fully saturated rings. The summed E-state index contributed by atoms with van der Waals surface area (Å²) >= 11 is 3.47. The predicted molar refractivity (Wildman–Crippen MR) is 84.1 cm³/mol. The van der Waals surface area contributed by atoms with Crippen molar-refractivity contribution in [2.24, 2.45) is 5.92 Å². The van der Waals surface area contributed by atoms with Crippen LogP contribution < -0.4 is 5.32 Å². The zero-order valence-electron chi connectivity index (χ0n) is 12.1. The van der Waals surface area contributed by atoms with E-state index in [9.17, 15) is 9.59 Å². The Labute approximate surface area is 133 Å². The average Bonchev–Trinajstić information content (AvgIpc) is 2.43. The van der Waals surface area contributed by atoms with Crippen molar-refractivity contribution in [1.82, 2.24) is 5.32 Å². The highest BCUT2D eigenvalue weighted by Crippen LogP contribution is 2.24. The Bertz CT molecular complexity index is 536. The van der Waals surface area contributed by atoms with E-state index < -0.39 is 5.97 Å². The van der Waals surface area contributed by atoms with Gasteiger partial charge in [0.1, 0.15) is 0 Å². The largest absolute Gasteiger partial charge is 0.481 e. The van der Waals surface area contributed by atoms with Crippen LogP contribution in [0.2, 0.25) is 0 Å². The van der Waals surface area contributed by atoms with Crippen LogP contribution in [-0.4, -0.2) is 23.0 Å². The minimum atomic E-state index is -0.718. The maximum absolute atomic E-state index is 12.0. The molecule has 0 heterocycles. The van der Waals surface area contributed by atoms with Gasteiger partial charge >= 0.3 is 5.97 Å². The van der Waals surface area contributed by atoms with Crippen molar-refractivity contribution in [3.8, 4) is 0 Å². The lowest BCUT2D eigenvalue weighted by Crippen LogP contribution is -2.39. The van der Waals surface area contributed by atoms with Crippen molar-refractivity contribution in [1.29, 1.82) is 0 Å². The van der Waals surface area contributed by atoms with Crippen molar-refractivity contribution in [2.75, 3.05) is 0 Å². The van der Waals surface area contributed by atoms with Crippen molar-refractivity contribution in [3.05, 3.63) is 33.8 Å². The maximum atomic E-state index is 12.0. The molecule has 0 unspecified atom stereocenters. The Morgan fingerprint density at radius 1 is 1.29 bits per heavy atom. The minimum Gasteiger partial charge on any atom is -0.481 e. The first-order valence-electron chi connectivity index (χ1n) is 7.23. The Balaban J connectivity index is 1.82. The zero-order chi connectivity index (χ0) is 15.4. The molecular formula is C16H20BrNO3. The second-order valence-electron chi connectivity index (χ2n) is 5.71. The van der Waals surface area contributed by atoms with Crippen LogP contribution in [0.4, 0.5) is 0 Å². The van der Waals surface area contributed by atoms with Crippen LogP contribution in [0.25, 0.3) is 0 Å². The molecule has 1 aliphatic carbocycles. The van der Waals surface area contributed by atoms with Crippen molar-refractivity contribution in [2.45, 2.75) is 45.1 Å². The van der Waals surface area contributed by atoms with Crippen LogP contribution in [0.1, 0.15) is 36.8 Å². The van der Waals surface area contributed by atoms with Gasteiger partial charge in [-0.25, -0.2) is 0 Å². The number of carboxylic acids is 1. The number of hydrogen-bond donors (Lipinski definition) is 2. The molecule has 114 valence electrons. The number of carboxylic acid groups (broad SMARTS) is 1. The number of carbonyl (C=O) groups is 2. The van der Waals surface area contributed by atoms with Gasteiger partial charge in [-0.3, -0.25) is 9.59 Å². The molecule has 1 aliphatic rings. The van der Waals surface area contributed by atoms with Gasteiger partial charge in [0.15, 0.2) is 0 Å². The predicted octanol–water partition coefficient (Wildman–Crippen LogP) is 3.06. The summed E-state index contributed by atoms with van der Waals surface area (Å²) in [6.45, 7) is 2.01. The number of benzene rings is 1. The quantitative estimate of drug-likeness (QED) is 0.873. The van der Waals surface area contributed by atoms with Gasteiger partial charge < -0.3 is 10.4 Å². The van der Waals surface area contributed by atoms with Crippen LogP contribution in [0.15, 0.2) is 22.7 Å². The maximum Gasteiger partial charge on any atom is 0.306 e. The zero-order valence-corrected chi connectivity index (χ0v) is 13.6. The molecule has 1 aromatic rings. The monoisotopic (exact) mass is 353 g/mol. The highest BCUT2D eigenvalue weighted by molar-refractivity contribution is 9.10. The number of aliphatic carboxylic acids is 1. The molecule has 5 heteroatoms. The molecule has 0 radical (unpaired) electrons. The molecule has 1 saturated carbocycles. The van der Waals surface area contributed by atoms with Gasteiger partial charge in [-0.05, 0) is 49.8 Å². The highest BCUT2D eigenvalue weighted by atomic mass is 79.9. The van der Waals surface area contributed by atoms with Gasteiger partial charge in [0.25, 0.3) is 0 Å². The smallest absolute Gasteiger partial charge is 0.306 e. The van der Waals surface area contributed by atoms with Gasteiger partial charge in [-0.1, -0.05) is 28.1 Å². The van der Waals surface area contributed by atoms with Gasteiger partial charge in [0.05, 0.1) is 12.3 Å². The van der Waals surface area contributed by atoms with Crippen LogP contribution in [0, 0.1) is 12.8 Å². The van der Waals surface area contributed by atoms with Gasteiger partial charge in [-0.2, -0.15) is 0 Å². The van der Waals surface area contributed by atoms with Crippen LogP contribution in [-0.2, 0) is 16.0 Å². The number of amides is 1. The fraction of sp³-hybridized carbons (Fsp3) is 0.500. The van der Waals surface area contributed by atoms with Gasteiger partial charge in [-0.15, -0.1) is 0 Å². The fourth-order valence-corrected chi connectivity index (χ4v) is 3.12. The van der Waals surface area contributed by atoms with Crippen LogP contribution in [0.3, 0.4) is 0 Å². The van der Waals surface area contributed by atoms with Gasteiger partial charge in [0, 0.05) is 10.5 Å². The average molecular weight is 354 g/mol. The Morgan fingerprint density at radius 3 is 2.52 bits per heavy atom. The molecule has 1 aromatic carbocycles. The van der Waals surface area contributed by atoms with Crippen molar-refractivity contribution < 1.29 is 14.7 Å². The van der Waals surface area contributed by atoms with E-state index in [4.69, 9.17) is 5.11 Å². The summed E-state index contributed by atoms with van der Waals surface area (Å²) in [5.41, 5.74) is 2.12. The third-order valence-corrected chi connectivity index (χ3v) is 4.90. The number of rotatable bonds is 4. The third-order valence-electron chi connectivity index (χ3n) is 4.04. The molecule has 0 saturated heterocycles. The summed E-state index contributed by atoms with van der Waals surface area (Å²) in [4.78, 5) is 22.9. The second-order valence-corrected chi connectivity index (χ2v) is 6.57. The van der Waals surface area contributed by atoms with E-state index in [2.05, 4.69) is 21.2 Å². The minimum absolute atomic E-state index is 0.00419. The summed E-state index contributed by atoms with van der Waals surface area (Å²) in [7, 11) is 0. The molecule has 21 heavy (non-hydrogen) atoms. The van der Waals surface area contributed by atoms with Crippen molar-refractivity contribution >= 4 is 27.8 Å². The first kappa shape index (κ1) is 16.0. The standard InChI is InChI=1S/C16H20BrNO3/c1-10-2-3-11(8-14(10)17)9-15(19)18-13-6-4-12(5-7-13)16(20)21/h2-3,8,12-13H,4-7,9H2,1H3,(H,18,19)(H,20,21). The normalized spacial score (nSPS) is 21.8. The number of nitrogens with one attached hydrogen (secondary N) is 1. The SMILES string of the molecule is Cc1ccc(CC(=O)NC2CCC(C(=O)O)CC2)cc1Br. The summed E-state index contributed by atoms with van der Waals surface area (Å²) in [6, 6.07) is 6.03. The summed E-state index contributed by atoms with van der Waals surface area (Å²) in [5, 5.41) is 12.0. The lowest BCUT2D eigenvalue weighted by Gasteiger charge is -2.26. The second kappa shape index (κ2) is 7.07. The van der Waals surface area contributed by atoms with Gasteiger partial charge in [0.2, 0.25) is 5.91 Å². The Morgan fingerprint density at radius 2 is 1.95 bits per heavy atom. The Kier molecular flexibility index (Phi) is 5.39. The number of carbonyl (C=O) groups excluding carboxylic acids is 1. The van der Waals surface area contributed by atoms with E-state index >= 15 is 0 Å². The molecular weight excluding hydrogens is 334 g/mol. The highest BCUT2D eigenvalue weighted by Gasteiger charge is 2.26.